The summed E-state index contributed by atoms with van der Waals surface area (Å²) >= 11 is 3.01. The molecule has 1 aromatic carbocycles. The molecule has 2 N–H and O–H groups in total. The van der Waals surface area contributed by atoms with Crippen LogP contribution in [0.3, 0.4) is 0 Å². The second-order valence-electron chi connectivity index (χ2n) is 4.01. The van der Waals surface area contributed by atoms with Crippen LogP contribution in [0, 0.1) is 11.6 Å². The maximum absolute atomic E-state index is 13.8. The van der Waals surface area contributed by atoms with Crippen molar-refractivity contribution in [2.75, 3.05) is 24.3 Å². The zero-order valence-corrected chi connectivity index (χ0v) is 13.0. The second kappa shape index (κ2) is 6.66. The Hall–Kier alpha value is -1.96. The second-order valence-corrected chi connectivity index (χ2v) is 4.86. The molecule has 0 atom stereocenters. The number of nitrogens with zero attached hydrogens (tertiary/aromatic N) is 2. The van der Waals surface area contributed by atoms with Gasteiger partial charge in [0, 0.05) is 12.6 Å². The lowest BCUT2D eigenvalue weighted by Crippen LogP contribution is -2.06. The van der Waals surface area contributed by atoms with E-state index in [0.29, 0.717) is 18.1 Å². The third-order valence-corrected chi connectivity index (χ3v) is 3.22. The van der Waals surface area contributed by atoms with E-state index in [4.69, 9.17) is 4.74 Å². The van der Waals surface area contributed by atoms with E-state index in [0.717, 1.165) is 6.07 Å². The molecule has 0 saturated heterocycles. The van der Waals surface area contributed by atoms with E-state index in [1.807, 2.05) is 6.92 Å². The van der Waals surface area contributed by atoms with Gasteiger partial charge in [-0.05, 0) is 28.9 Å². The van der Waals surface area contributed by atoms with Crippen molar-refractivity contribution in [2.24, 2.45) is 0 Å². The number of halogens is 3. The summed E-state index contributed by atoms with van der Waals surface area (Å²) < 4.78 is 32.4. The number of nitrogens with one attached hydrogen (secondary N) is 2. The highest BCUT2D eigenvalue weighted by Crippen LogP contribution is 2.33. The van der Waals surface area contributed by atoms with Crippen molar-refractivity contribution in [3.8, 4) is 5.75 Å². The minimum absolute atomic E-state index is 0.0720. The molecule has 21 heavy (non-hydrogen) atoms. The molecule has 0 aliphatic rings. The predicted molar refractivity (Wildman–Crippen MR) is 80.1 cm³/mol. The van der Waals surface area contributed by atoms with Gasteiger partial charge < -0.3 is 15.4 Å². The smallest absolute Gasteiger partial charge is 0.204 e. The van der Waals surface area contributed by atoms with Gasteiger partial charge in [0.1, 0.15) is 18.0 Å². The first-order valence-electron chi connectivity index (χ1n) is 6.11. The molecule has 5 nitrogen and oxygen atoms in total. The van der Waals surface area contributed by atoms with Gasteiger partial charge in [-0.3, -0.25) is 0 Å². The Bertz CT molecular complexity index is 654. The third-order valence-electron chi connectivity index (χ3n) is 2.62. The standard InChI is InChI=1S/C13H13BrF2N4O/c1-3-17-12-11(21-2)13(19-6-18-12)20-10-4-7(14)8(15)5-9(10)16/h4-6H,3H2,1-2H3,(H2,17,18,19,20). The molecule has 0 fully saturated rings. The number of benzene rings is 1. The number of hydrogen-bond donors (Lipinski definition) is 2. The van der Waals surface area contributed by atoms with Crippen molar-refractivity contribution < 1.29 is 13.5 Å². The molecule has 2 aromatic rings. The van der Waals surface area contributed by atoms with Crippen LogP contribution in [0.4, 0.5) is 26.1 Å². The average Bonchev–Trinajstić information content (AvgIpc) is 2.45. The molecule has 112 valence electrons. The largest absolute Gasteiger partial charge is 0.490 e. The summed E-state index contributed by atoms with van der Waals surface area (Å²) in [6.45, 7) is 2.55. The van der Waals surface area contributed by atoms with Gasteiger partial charge in [0.2, 0.25) is 5.75 Å². The maximum atomic E-state index is 13.8. The fourth-order valence-corrected chi connectivity index (χ4v) is 2.04. The summed E-state index contributed by atoms with van der Waals surface area (Å²) in [6, 6.07) is 2.07. The highest BCUT2D eigenvalue weighted by Gasteiger charge is 2.15. The fraction of sp³-hybridized carbons (Fsp3) is 0.231. The van der Waals surface area contributed by atoms with Crippen molar-refractivity contribution in [1.29, 1.82) is 0 Å². The minimum atomic E-state index is -0.735. The van der Waals surface area contributed by atoms with E-state index < -0.39 is 11.6 Å². The Morgan fingerprint density at radius 3 is 2.57 bits per heavy atom. The third kappa shape index (κ3) is 3.38. The first kappa shape index (κ1) is 15.4. The summed E-state index contributed by atoms with van der Waals surface area (Å²) in [4.78, 5) is 8.06. The summed E-state index contributed by atoms with van der Waals surface area (Å²) in [5.74, 6) is -0.304. The highest BCUT2D eigenvalue weighted by atomic mass is 79.9. The van der Waals surface area contributed by atoms with Gasteiger partial charge in [0.15, 0.2) is 11.6 Å². The van der Waals surface area contributed by atoms with Crippen LogP contribution in [0.2, 0.25) is 0 Å². The van der Waals surface area contributed by atoms with Gasteiger partial charge in [-0.15, -0.1) is 0 Å². The van der Waals surface area contributed by atoms with Crippen LogP contribution in [0.1, 0.15) is 6.92 Å². The lowest BCUT2D eigenvalue weighted by molar-refractivity contribution is 0.415. The monoisotopic (exact) mass is 358 g/mol. The zero-order valence-electron chi connectivity index (χ0n) is 11.4. The zero-order chi connectivity index (χ0) is 15.4. The Morgan fingerprint density at radius 1 is 1.19 bits per heavy atom. The van der Waals surface area contributed by atoms with Crippen molar-refractivity contribution in [3.05, 3.63) is 34.6 Å². The molecule has 0 aliphatic carbocycles. The molecule has 1 heterocycles. The molecule has 0 spiro atoms. The first-order chi connectivity index (χ1) is 10.1. The molecule has 0 unspecified atom stereocenters. The topological polar surface area (TPSA) is 59.1 Å². The predicted octanol–water partition coefficient (Wildman–Crippen LogP) is 3.70. The number of aromatic nitrogens is 2. The molecule has 0 amide bonds. The molecule has 0 radical (unpaired) electrons. The van der Waals surface area contributed by atoms with Crippen LogP contribution in [0.15, 0.2) is 22.9 Å². The van der Waals surface area contributed by atoms with Crippen LogP contribution in [-0.2, 0) is 0 Å². The lowest BCUT2D eigenvalue weighted by atomic mass is 10.3. The van der Waals surface area contributed by atoms with E-state index in [1.54, 1.807) is 0 Å². The normalized spacial score (nSPS) is 10.3. The van der Waals surface area contributed by atoms with Crippen molar-refractivity contribution in [1.82, 2.24) is 9.97 Å². The van der Waals surface area contributed by atoms with E-state index in [9.17, 15) is 8.78 Å². The molecule has 1 aromatic heterocycles. The number of anilines is 3. The molecular weight excluding hydrogens is 346 g/mol. The molecule has 2 rings (SSSR count). The Balaban J connectivity index is 2.40. The molecule has 0 aliphatic heterocycles. The molecule has 0 bridgehead atoms. The Morgan fingerprint density at radius 2 is 1.90 bits per heavy atom. The van der Waals surface area contributed by atoms with E-state index in [1.165, 1.54) is 19.5 Å². The number of methoxy groups -OCH3 is 1. The van der Waals surface area contributed by atoms with Gasteiger partial charge in [-0.1, -0.05) is 0 Å². The SMILES string of the molecule is CCNc1ncnc(Nc2cc(Br)c(F)cc2F)c1OC. The van der Waals surface area contributed by atoms with Gasteiger partial charge in [-0.2, -0.15) is 0 Å². The lowest BCUT2D eigenvalue weighted by Gasteiger charge is -2.14. The molecule has 8 heteroatoms. The summed E-state index contributed by atoms with van der Waals surface area (Å²) in [6.07, 6.45) is 1.32. The Labute approximate surface area is 128 Å². The maximum Gasteiger partial charge on any atom is 0.204 e. The van der Waals surface area contributed by atoms with E-state index >= 15 is 0 Å². The van der Waals surface area contributed by atoms with Crippen LogP contribution in [-0.4, -0.2) is 23.6 Å². The van der Waals surface area contributed by atoms with Crippen molar-refractivity contribution >= 4 is 33.3 Å². The van der Waals surface area contributed by atoms with Crippen molar-refractivity contribution in [3.63, 3.8) is 0 Å². The van der Waals surface area contributed by atoms with Gasteiger partial charge in [0.05, 0.1) is 17.3 Å². The number of ether oxygens (including phenoxy) is 1. The van der Waals surface area contributed by atoms with Gasteiger partial charge >= 0.3 is 0 Å². The summed E-state index contributed by atoms with van der Waals surface area (Å²) in [5.41, 5.74) is 0.0720. The summed E-state index contributed by atoms with van der Waals surface area (Å²) in [7, 11) is 1.46. The van der Waals surface area contributed by atoms with E-state index in [2.05, 4.69) is 36.5 Å². The van der Waals surface area contributed by atoms with Crippen molar-refractivity contribution in [2.45, 2.75) is 6.92 Å². The minimum Gasteiger partial charge on any atom is -0.490 e. The first-order valence-corrected chi connectivity index (χ1v) is 6.90. The van der Waals surface area contributed by atoms with Crippen LogP contribution < -0.4 is 15.4 Å². The molecular formula is C13H13BrF2N4O. The Kier molecular flexibility index (Phi) is 4.89. The van der Waals surface area contributed by atoms with Gasteiger partial charge in [0.25, 0.3) is 0 Å². The number of hydrogen-bond acceptors (Lipinski definition) is 5. The van der Waals surface area contributed by atoms with Crippen LogP contribution in [0.5, 0.6) is 5.75 Å². The molecule has 0 saturated carbocycles. The fourth-order valence-electron chi connectivity index (χ4n) is 1.70. The van der Waals surface area contributed by atoms with Crippen LogP contribution >= 0.6 is 15.9 Å². The average molecular weight is 359 g/mol. The van der Waals surface area contributed by atoms with Crippen LogP contribution in [0.25, 0.3) is 0 Å². The highest BCUT2D eigenvalue weighted by molar-refractivity contribution is 9.10. The van der Waals surface area contributed by atoms with Gasteiger partial charge in [-0.25, -0.2) is 18.7 Å². The van der Waals surface area contributed by atoms with E-state index in [-0.39, 0.29) is 16.0 Å². The summed E-state index contributed by atoms with van der Waals surface area (Å²) in [5, 5.41) is 5.78. The quantitative estimate of drug-likeness (QED) is 0.798. The number of rotatable bonds is 5.